The van der Waals surface area contributed by atoms with E-state index in [1.165, 1.54) is 6.07 Å². The lowest BCUT2D eigenvalue weighted by molar-refractivity contribution is -0.118. The molecule has 5 aromatic rings. The number of fused-ring (bicyclic) bond motifs is 1. The zero-order chi connectivity index (χ0) is 34.8. The standard InChI is InChI=1S/C37H40N8O4S/c1-5-43-19-21-44(22-20-43)24-31-33(47)45(34(50-31)25-11-7-6-8-12-25)26-15-17-27(18-16-26)48-36-38-35(41(2)3)39-37(40-36)49-30-23-32(46)42(4)29-14-10-9-13-28(29)30/h6-18,23,31,34H,5,19-22,24H2,1-4H3. The Morgan fingerprint density at radius 3 is 2.18 bits per heavy atom. The lowest BCUT2D eigenvalue weighted by Gasteiger charge is -2.34. The van der Waals surface area contributed by atoms with Crippen LogP contribution in [0.4, 0.5) is 11.6 Å². The molecule has 0 N–H and O–H groups in total. The van der Waals surface area contributed by atoms with Crippen LogP contribution in [-0.2, 0) is 11.8 Å². The first-order valence-electron chi connectivity index (χ1n) is 16.7. The number of hydrogen-bond donors (Lipinski definition) is 0. The Morgan fingerprint density at radius 1 is 0.820 bits per heavy atom. The molecular formula is C37H40N8O4S. The lowest BCUT2D eigenvalue weighted by Crippen LogP contribution is -2.49. The third kappa shape index (κ3) is 7.02. The maximum Gasteiger partial charge on any atom is 0.330 e. The van der Waals surface area contributed by atoms with Crippen LogP contribution in [0.1, 0.15) is 17.9 Å². The van der Waals surface area contributed by atoms with Crippen LogP contribution >= 0.6 is 11.8 Å². The Kier molecular flexibility index (Phi) is 9.70. The number of aryl methyl sites for hydroxylation is 1. The summed E-state index contributed by atoms with van der Waals surface area (Å²) in [6, 6.07) is 26.5. The second-order valence-corrected chi connectivity index (χ2v) is 13.8. The maximum atomic E-state index is 14.0. The molecular weight excluding hydrogens is 653 g/mol. The summed E-state index contributed by atoms with van der Waals surface area (Å²) in [5, 5.41) is 0.428. The molecule has 7 rings (SSSR count). The number of likely N-dealkylation sites (N-methyl/N-ethyl adjacent to an activating group) is 1. The van der Waals surface area contributed by atoms with Gasteiger partial charge < -0.3 is 23.8 Å². The molecule has 0 bridgehead atoms. The van der Waals surface area contributed by atoms with Crippen LogP contribution in [0.2, 0.25) is 0 Å². The van der Waals surface area contributed by atoms with E-state index < -0.39 is 0 Å². The number of anilines is 2. The van der Waals surface area contributed by atoms with Gasteiger partial charge in [0, 0.05) is 71.0 Å². The summed E-state index contributed by atoms with van der Waals surface area (Å²) in [4.78, 5) is 48.5. The quantitative estimate of drug-likeness (QED) is 0.194. The highest BCUT2D eigenvalue weighted by atomic mass is 32.2. The van der Waals surface area contributed by atoms with E-state index in [2.05, 4.69) is 43.8 Å². The highest BCUT2D eigenvalue weighted by molar-refractivity contribution is 8.01. The van der Waals surface area contributed by atoms with Crippen LogP contribution in [0, 0.1) is 0 Å². The van der Waals surface area contributed by atoms with E-state index in [1.807, 2.05) is 59.5 Å². The molecule has 0 saturated carbocycles. The largest absolute Gasteiger partial charge is 0.424 e. The molecule has 0 aliphatic carbocycles. The van der Waals surface area contributed by atoms with Crippen LogP contribution in [0.15, 0.2) is 89.7 Å². The van der Waals surface area contributed by atoms with Crippen LogP contribution < -0.4 is 24.8 Å². The Labute approximate surface area is 295 Å². The number of amides is 1. The van der Waals surface area contributed by atoms with Gasteiger partial charge in [0.15, 0.2) is 0 Å². The first-order chi connectivity index (χ1) is 24.3. The molecule has 4 heterocycles. The Morgan fingerprint density at radius 2 is 1.48 bits per heavy atom. The van der Waals surface area contributed by atoms with Crippen molar-refractivity contribution in [2.24, 2.45) is 7.05 Å². The average Bonchev–Trinajstić information content (AvgIpc) is 3.46. The highest BCUT2D eigenvalue weighted by Crippen LogP contribution is 2.46. The van der Waals surface area contributed by atoms with Crippen molar-refractivity contribution >= 4 is 40.2 Å². The number of carbonyl (C=O) groups excluding carboxylic acids is 1. The zero-order valence-electron chi connectivity index (χ0n) is 28.6. The number of carbonyl (C=O) groups is 1. The average molecular weight is 693 g/mol. The third-order valence-electron chi connectivity index (χ3n) is 9.09. The molecule has 3 aromatic carbocycles. The first-order valence-corrected chi connectivity index (χ1v) is 17.7. The van der Waals surface area contributed by atoms with Gasteiger partial charge in [0.1, 0.15) is 16.9 Å². The Balaban J connectivity index is 1.12. The summed E-state index contributed by atoms with van der Waals surface area (Å²) < 4.78 is 13.8. The number of piperazine rings is 1. The van der Waals surface area contributed by atoms with Crippen LogP contribution in [-0.4, -0.2) is 93.8 Å². The molecule has 2 aliphatic heterocycles. The molecule has 2 fully saturated rings. The van der Waals surface area contributed by atoms with Crippen LogP contribution in [0.3, 0.4) is 0 Å². The summed E-state index contributed by atoms with van der Waals surface area (Å²) in [6.45, 7) is 7.99. The summed E-state index contributed by atoms with van der Waals surface area (Å²) in [6.07, 6.45) is 0. The zero-order valence-corrected chi connectivity index (χ0v) is 29.4. The molecule has 2 saturated heterocycles. The SMILES string of the molecule is CCN1CCN(CC2SC(c3ccccc3)N(c3ccc(Oc4nc(Oc5cc(=O)n(C)c6ccccc56)nc(N(C)C)n4)cc3)C2=O)CC1. The van der Waals surface area contributed by atoms with E-state index in [9.17, 15) is 9.59 Å². The van der Waals surface area contributed by atoms with Crippen molar-refractivity contribution in [3.8, 4) is 23.5 Å². The first kappa shape index (κ1) is 33.5. The number of ether oxygens (including phenoxy) is 2. The number of benzene rings is 3. The molecule has 2 aromatic heterocycles. The van der Waals surface area contributed by atoms with Crippen molar-refractivity contribution in [2.75, 3.05) is 63.2 Å². The molecule has 2 unspecified atom stereocenters. The summed E-state index contributed by atoms with van der Waals surface area (Å²) in [5.74, 6) is 1.24. The molecule has 1 amide bonds. The van der Waals surface area contributed by atoms with Crippen molar-refractivity contribution in [3.05, 3.63) is 101 Å². The topological polar surface area (TPSA) is 109 Å². The molecule has 12 nitrogen and oxygen atoms in total. The highest BCUT2D eigenvalue weighted by Gasteiger charge is 2.42. The third-order valence-corrected chi connectivity index (χ3v) is 10.5. The molecule has 0 radical (unpaired) electrons. The minimum absolute atomic E-state index is 0.0127. The van der Waals surface area contributed by atoms with Crippen LogP contribution in [0.5, 0.6) is 23.5 Å². The summed E-state index contributed by atoms with van der Waals surface area (Å²) in [7, 11) is 5.32. The number of rotatable bonds is 10. The van der Waals surface area contributed by atoms with Crippen molar-refractivity contribution in [1.29, 1.82) is 0 Å². The monoisotopic (exact) mass is 692 g/mol. The Hall–Kier alpha value is -4.98. The molecule has 0 spiro atoms. The minimum Gasteiger partial charge on any atom is -0.424 e. The molecule has 50 heavy (non-hydrogen) atoms. The molecule has 2 atom stereocenters. The number of pyridine rings is 1. The van der Waals surface area contributed by atoms with Crippen molar-refractivity contribution in [3.63, 3.8) is 0 Å². The van der Waals surface area contributed by atoms with Gasteiger partial charge in [-0.05, 0) is 48.5 Å². The van der Waals surface area contributed by atoms with E-state index in [-0.39, 0.29) is 34.1 Å². The minimum atomic E-state index is -0.220. The predicted molar refractivity (Wildman–Crippen MR) is 197 cm³/mol. The number of nitrogens with zero attached hydrogens (tertiary/aromatic N) is 8. The number of para-hydroxylation sites is 1. The second-order valence-electron chi connectivity index (χ2n) is 12.5. The van der Waals surface area contributed by atoms with Crippen molar-refractivity contribution in [1.82, 2.24) is 29.3 Å². The van der Waals surface area contributed by atoms with Crippen LogP contribution in [0.25, 0.3) is 10.9 Å². The van der Waals surface area contributed by atoms with E-state index >= 15 is 0 Å². The van der Waals surface area contributed by atoms with Gasteiger partial charge in [-0.3, -0.25) is 19.4 Å². The summed E-state index contributed by atoms with van der Waals surface area (Å²) in [5.41, 5.74) is 2.37. The predicted octanol–water partition coefficient (Wildman–Crippen LogP) is 5.16. The van der Waals surface area contributed by atoms with Gasteiger partial charge in [-0.1, -0.05) is 49.4 Å². The Bertz CT molecular complexity index is 2030. The van der Waals surface area contributed by atoms with Gasteiger partial charge in [-0.2, -0.15) is 9.97 Å². The van der Waals surface area contributed by atoms with Gasteiger partial charge >= 0.3 is 12.0 Å². The van der Waals surface area contributed by atoms with Crippen molar-refractivity contribution in [2.45, 2.75) is 17.5 Å². The van der Waals surface area contributed by atoms with E-state index in [4.69, 9.17) is 9.47 Å². The second kappa shape index (κ2) is 14.5. The van der Waals surface area contributed by atoms with Gasteiger partial charge in [0.05, 0.1) is 10.8 Å². The molecule has 13 heteroatoms. The number of thioether (sulfide) groups is 1. The van der Waals surface area contributed by atoms with E-state index in [0.717, 1.165) is 61.4 Å². The molecule has 258 valence electrons. The smallest absolute Gasteiger partial charge is 0.330 e. The maximum absolute atomic E-state index is 14.0. The van der Waals surface area contributed by atoms with Gasteiger partial charge in [0.25, 0.3) is 5.56 Å². The van der Waals surface area contributed by atoms with E-state index in [1.54, 1.807) is 54.5 Å². The summed E-state index contributed by atoms with van der Waals surface area (Å²) >= 11 is 1.71. The number of hydrogen-bond acceptors (Lipinski definition) is 11. The fourth-order valence-corrected chi connectivity index (χ4v) is 7.76. The number of aromatic nitrogens is 4. The lowest BCUT2D eigenvalue weighted by atomic mass is 10.1. The fraction of sp³-hybridized carbons (Fsp3) is 0.324. The molecule has 2 aliphatic rings. The van der Waals surface area contributed by atoms with E-state index in [0.29, 0.717) is 17.4 Å². The van der Waals surface area contributed by atoms with Crippen molar-refractivity contribution < 1.29 is 14.3 Å². The van der Waals surface area contributed by atoms with Gasteiger partial charge in [-0.25, -0.2) is 0 Å². The van der Waals surface area contributed by atoms with Gasteiger partial charge in [-0.15, -0.1) is 16.7 Å². The van der Waals surface area contributed by atoms with Gasteiger partial charge in [0.2, 0.25) is 11.9 Å². The normalized spacial score (nSPS) is 18.5. The fourth-order valence-electron chi connectivity index (χ4n) is 6.26.